The number of carbonyl (C=O) groups excluding carboxylic acids is 3. The summed E-state index contributed by atoms with van der Waals surface area (Å²) >= 11 is 0. The first kappa shape index (κ1) is 22.3. The van der Waals surface area contributed by atoms with E-state index in [1.165, 1.54) is 24.3 Å². The molecule has 164 valence electrons. The van der Waals surface area contributed by atoms with Crippen LogP contribution in [0, 0.1) is 25.6 Å². The molecular formula is C23H27FN4O3. The van der Waals surface area contributed by atoms with Crippen molar-refractivity contribution in [2.24, 2.45) is 5.92 Å². The summed E-state index contributed by atoms with van der Waals surface area (Å²) in [6, 6.07) is 11.0. The van der Waals surface area contributed by atoms with Gasteiger partial charge in [-0.25, -0.2) is 9.18 Å². The number of aryl methyl sites for hydroxylation is 2. The van der Waals surface area contributed by atoms with Gasteiger partial charge in [-0.15, -0.1) is 0 Å². The average molecular weight is 426 g/mol. The third kappa shape index (κ3) is 6.28. The van der Waals surface area contributed by atoms with Crippen LogP contribution in [0.3, 0.4) is 0 Å². The van der Waals surface area contributed by atoms with Crippen LogP contribution < -0.4 is 16.0 Å². The van der Waals surface area contributed by atoms with Gasteiger partial charge in [0, 0.05) is 31.0 Å². The molecule has 0 unspecified atom stereocenters. The molecule has 0 saturated carbocycles. The molecule has 0 spiro atoms. The standard InChI is InChI=1S/C23H27FN4O3/c1-15-3-8-20(16(2)13-15)27-22(30)21(29)25-14-17-9-11-28(12-10-17)23(31)26-19-6-4-18(24)5-7-19/h3-8,13,17H,9-12,14H2,1-2H3,(H,25,29)(H,26,31)(H,27,30). The third-order valence-corrected chi connectivity index (χ3v) is 5.38. The van der Waals surface area contributed by atoms with Crippen molar-refractivity contribution in [2.45, 2.75) is 26.7 Å². The van der Waals surface area contributed by atoms with Gasteiger partial charge in [-0.1, -0.05) is 17.7 Å². The number of urea groups is 1. The number of piperidine rings is 1. The van der Waals surface area contributed by atoms with Crippen molar-refractivity contribution < 1.29 is 18.8 Å². The molecule has 0 aromatic heterocycles. The molecule has 0 atom stereocenters. The first-order valence-electron chi connectivity index (χ1n) is 10.3. The molecule has 31 heavy (non-hydrogen) atoms. The number of nitrogens with zero attached hydrogens (tertiary/aromatic N) is 1. The highest BCUT2D eigenvalue weighted by molar-refractivity contribution is 6.39. The number of likely N-dealkylation sites (tertiary alicyclic amines) is 1. The van der Waals surface area contributed by atoms with Gasteiger partial charge in [-0.3, -0.25) is 9.59 Å². The number of halogens is 1. The maximum Gasteiger partial charge on any atom is 0.321 e. The molecule has 2 aromatic rings. The van der Waals surface area contributed by atoms with Gasteiger partial charge in [0.05, 0.1) is 0 Å². The Bertz CT molecular complexity index is 954. The highest BCUT2D eigenvalue weighted by Gasteiger charge is 2.24. The second-order valence-electron chi connectivity index (χ2n) is 7.85. The van der Waals surface area contributed by atoms with Crippen LogP contribution in [0.25, 0.3) is 0 Å². The van der Waals surface area contributed by atoms with Gasteiger partial charge in [0.2, 0.25) is 0 Å². The summed E-state index contributed by atoms with van der Waals surface area (Å²) in [6.07, 6.45) is 1.44. The van der Waals surface area contributed by atoms with E-state index in [-0.39, 0.29) is 17.8 Å². The zero-order valence-corrected chi connectivity index (χ0v) is 17.7. The van der Waals surface area contributed by atoms with Crippen molar-refractivity contribution in [3.05, 3.63) is 59.4 Å². The fraction of sp³-hybridized carbons (Fsp3) is 0.348. The lowest BCUT2D eigenvalue weighted by Gasteiger charge is -2.32. The minimum Gasteiger partial charge on any atom is -0.348 e. The Morgan fingerprint density at radius 3 is 2.29 bits per heavy atom. The van der Waals surface area contributed by atoms with E-state index >= 15 is 0 Å². The second kappa shape index (κ2) is 10.1. The Balaban J connectivity index is 1.40. The molecule has 7 nitrogen and oxygen atoms in total. The van der Waals surface area contributed by atoms with Crippen molar-refractivity contribution >= 4 is 29.2 Å². The molecule has 1 fully saturated rings. The van der Waals surface area contributed by atoms with E-state index in [4.69, 9.17) is 0 Å². The van der Waals surface area contributed by atoms with Crippen LogP contribution in [0.5, 0.6) is 0 Å². The van der Waals surface area contributed by atoms with E-state index in [1.54, 1.807) is 11.0 Å². The first-order valence-corrected chi connectivity index (χ1v) is 10.3. The summed E-state index contributed by atoms with van der Waals surface area (Å²) in [5.41, 5.74) is 3.13. The quantitative estimate of drug-likeness (QED) is 0.654. The minimum absolute atomic E-state index is 0.188. The Morgan fingerprint density at radius 1 is 0.968 bits per heavy atom. The van der Waals surface area contributed by atoms with Gasteiger partial charge in [0.25, 0.3) is 0 Å². The van der Waals surface area contributed by atoms with Crippen LogP contribution >= 0.6 is 0 Å². The lowest BCUT2D eigenvalue weighted by atomic mass is 9.97. The minimum atomic E-state index is -0.692. The number of hydrogen-bond acceptors (Lipinski definition) is 3. The molecule has 0 radical (unpaired) electrons. The van der Waals surface area contributed by atoms with Crippen LogP contribution in [0.1, 0.15) is 24.0 Å². The molecule has 1 aliphatic rings. The highest BCUT2D eigenvalue weighted by Crippen LogP contribution is 2.18. The number of amides is 4. The monoisotopic (exact) mass is 426 g/mol. The Kier molecular flexibility index (Phi) is 7.23. The molecule has 2 aromatic carbocycles. The van der Waals surface area contributed by atoms with E-state index in [0.717, 1.165) is 24.0 Å². The predicted molar refractivity (Wildman–Crippen MR) is 117 cm³/mol. The van der Waals surface area contributed by atoms with Gasteiger partial charge >= 0.3 is 17.8 Å². The lowest BCUT2D eigenvalue weighted by molar-refractivity contribution is -0.136. The maximum atomic E-state index is 13.0. The van der Waals surface area contributed by atoms with Gasteiger partial charge in [-0.05, 0) is 68.5 Å². The molecule has 8 heteroatoms. The van der Waals surface area contributed by atoms with Gasteiger partial charge in [-0.2, -0.15) is 0 Å². The smallest absolute Gasteiger partial charge is 0.321 e. The van der Waals surface area contributed by atoms with E-state index in [2.05, 4.69) is 16.0 Å². The van der Waals surface area contributed by atoms with E-state index in [1.807, 2.05) is 26.0 Å². The zero-order chi connectivity index (χ0) is 22.4. The number of rotatable bonds is 4. The normalized spacial score (nSPS) is 14.1. The maximum absolute atomic E-state index is 13.0. The molecule has 1 heterocycles. The predicted octanol–water partition coefficient (Wildman–Crippen LogP) is 3.44. The Morgan fingerprint density at radius 2 is 1.65 bits per heavy atom. The van der Waals surface area contributed by atoms with Crippen molar-refractivity contribution in [3.63, 3.8) is 0 Å². The number of hydrogen-bond donors (Lipinski definition) is 3. The summed E-state index contributed by atoms with van der Waals surface area (Å²) in [7, 11) is 0. The summed E-state index contributed by atoms with van der Waals surface area (Å²) < 4.78 is 13.0. The van der Waals surface area contributed by atoms with Crippen molar-refractivity contribution in [3.8, 4) is 0 Å². The summed E-state index contributed by atoms with van der Waals surface area (Å²) in [4.78, 5) is 38.3. The molecule has 1 aliphatic heterocycles. The van der Waals surface area contributed by atoms with Crippen molar-refractivity contribution in [1.82, 2.24) is 10.2 Å². The van der Waals surface area contributed by atoms with Gasteiger partial charge in [0.15, 0.2) is 0 Å². The summed E-state index contributed by atoms with van der Waals surface area (Å²) in [5.74, 6) is -1.53. The second-order valence-corrected chi connectivity index (χ2v) is 7.85. The Labute approximate surface area is 181 Å². The van der Waals surface area contributed by atoms with Crippen molar-refractivity contribution in [2.75, 3.05) is 30.3 Å². The van der Waals surface area contributed by atoms with Crippen LogP contribution in [0.2, 0.25) is 0 Å². The van der Waals surface area contributed by atoms with Crippen LogP contribution in [0.15, 0.2) is 42.5 Å². The first-order chi connectivity index (χ1) is 14.8. The number of nitrogens with one attached hydrogen (secondary N) is 3. The van der Waals surface area contributed by atoms with Gasteiger partial charge < -0.3 is 20.9 Å². The molecule has 3 N–H and O–H groups in total. The summed E-state index contributed by atoms with van der Waals surface area (Å²) in [5, 5.41) is 8.07. The third-order valence-electron chi connectivity index (χ3n) is 5.38. The van der Waals surface area contributed by atoms with E-state index < -0.39 is 11.8 Å². The Hall–Kier alpha value is -3.42. The topological polar surface area (TPSA) is 90.5 Å². The number of anilines is 2. The fourth-order valence-electron chi connectivity index (χ4n) is 3.53. The molecule has 1 saturated heterocycles. The molecule has 3 rings (SSSR count). The number of benzene rings is 2. The zero-order valence-electron chi connectivity index (χ0n) is 17.7. The van der Waals surface area contributed by atoms with E-state index in [0.29, 0.717) is 31.0 Å². The highest BCUT2D eigenvalue weighted by atomic mass is 19.1. The molecule has 4 amide bonds. The lowest BCUT2D eigenvalue weighted by Crippen LogP contribution is -2.44. The van der Waals surface area contributed by atoms with Crippen LogP contribution in [0.4, 0.5) is 20.6 Å². The molecule has 0 aliphatic carbocycles. The van der Waals surface area contributed by atoms with Crippen LogP contribution in [-0.4, -0.2) is 42.4 Å². The average Bonchev–Trinajstić information content (AvgIpc) is 2.75. The SMILES string of the molecule is Cc1ccc(NC(=O)C(=O)NCC2CCN(C(=O)Nc3ccc(F)cc3)CC2)c(C)c1. The van der Waals surface area contributed by atoms with Gasteiger partial charge in [0.1, 0.15) is 5.82 Å². The number of carbonyl (C=O) groups is 3. The fourth-order valence-corrected chi connectivity index (χ4v) is 3.53. The summed E-state index contributed by atoms with van der Waals surface area (Å²) in [6.45, 7) is 5.31. The largest absolute Gasteiger partial charge is 0.348 e. The molecular weight excluding hydrogens is 399 g/mol. The molecule has 0 bridgehead atoms. The van der Waals surface area contributed by atoms with E-state index in [9.17, 15) is 18.8 Å². The van der Waals surface area contributed by atoms with Crippen LogP contribution in [-0.2, 0) is 9.59 Å². The van der Waals surface area contributed by atoms with Crippen molar-refractivity contribution in [1.29, 1.82) is 0 Å².